The average molecular weight is 358 g/mol. The quantitative estimate of drug-likeness (QED) is 0.552. The molecule has 0 saturated carbocycles. The average Bonchev–Trinajstić information content (AvgIpc) is 3.19. The van der Waals surface area contributed by atoms with Gasteiger partial charge < -0.3 is 9.55 Å². The van der Waals surface area contributed by atoms with Crippen LogP contribution in [0.25, 0.3) is 27.7 Å². The van der Waals surface area contributed by atoms with Crippen molar-refractivity contribution in [3.8, 4) is 17.2 Å². The highest BCUT2D eigenvalue weighted by atomic mass is 16.1. The van der Waals surface area contributed by atoms with Crippen molar-refractivity contribution < 1.29 is 0 Å². The van der Waals surface area contributed by atoms with Gasteiger partial charge in [-0.05, 0) is 18.6 Å². The zero-order valence-electron chi connectivity index (χ0n) is 16.2. The number of hydrogen-bond donors (Lipinski definition) is 1. The van der Waals surface area contributed by atoms with Crippen molar-refractivity contribution in [1.82, 2.24) is 14.0 Å². The molecule has 1 N–H and O–H groups in total. The molecule has 5 heteroatoms. The van der Waals surface area contributed by atoms with Crippen LogP contribution in [0, 0.1) is 18.3 Å². The number of imidazole rings is 1. The van der Waals surface area contributed by atoms with Gasteiger partial charge in [-0.1, -0.05) is 39.0 Å². The van der Waals surface area contributed by atoms with E-state index in [-0.39, 0.29) is 11.0 Å². The summed E-state index contributed by atoms with van der Waals surface area (Å²) in [6.07, 6.45) is 3.80. The summed E-state index contributed by atoms with van der Waals surface area (Å²) in [6.45, 7) is 8.09. The van der Waals surface area contributed by atoms with E-state index >= 15 is 0 Å². The van der Waals surface area contributed by atoms with Crippen molar-refractivity contribution in [1.29, 1.82) is 5.26 Å². The molecule has 136 valence electrons. The third-order valence-electron chi connectivity index (χ3n) is 5.26. The first-order valence-corrected chi connectivity index (χ1v) is 8.97. The minimum Gasteiger partial charge on any atom is -0.350 e. The van der Waals surface area contributed by atoms with Gasteiger partial charge >= 0.3 is 0 Å². The lowest BCUT2D eigenvalue weighted by molar-refractivity contribution is 0.573. The molecule has 4 rings (SSSR count). The Hall–Kier alpha value is -3.26. The summed E-state index contributed by atoms with van der Waals surface area (Å²) in [7, 11) is 1.97. The molecule has 0 aliphatic carbocycles. The van der Waals surface area contributed by atoms with Crippen LogP contribution in [-0.2, 0) is 12.5 Å². The van der Waals surface area contributed by atoms with E-state index in [2.05, 4.69) is 31.8 Å². The second kappa shape index (κ2) is 5.62. The molecule has 0 amide bonds. The Bertz CT molecular complexity index is 1300. The fourth-order valence-electron chi connectivity index (χ4n) is 3.72. The fourth-order valence-corrected chi connectivity index (χ4v) is 3.72. The Kier molecular flexibility index (Phi) is 3.57. The second-order valence-electron chi connectivity index (χ2n) is 8.10. The molecular weight excluding hydrogens is 336 g/mol. The maximum absolute atomic E-state index is 13.4. The number of aromatic nitrogens is 3. The molecule has 0 saturated heterocycles. The number of nitrogens with zero attached hydrogens (tertiary/aromatic N) is 3. The van der Waals surface area contributed by atoms with Gasteiger partial charge in [0.1, 0.15) is 11.7 Å². The molecule has 5 nitrogen and oxygen atoms in total. The highest BCUT2D eigenvalue weighted by molar-refractivity contribution is 5.97. The predicted molar refractivity (Wildman–Crippen MR) is 108 cm³/mol. The number of nitriles is 1. The number of H-pyrrole nitrogens is 1. The van der Waals surface area contributed by atoms with E-state index in [1.165, 1.54) is 0 Å². The number of aryl methyl sites for hydroxylation is 1. The Morgan fingerprint density at radius 3 is 2.52 bits per heavy atom. The van der Waals surface area contributed by atoms with Crippen LogP contribution >= 0.6 is 0 Å². The lowest BCUT2D eigenvalue weighted by Gasteiger charge is -2.14. The maximum Gasteiger partial charge on any atom is 0.264 e. The highest BCUT2D eigenvalue weighted by Crippen LogP contribution is 2.32. The topological polar surface area (TPSA) is 66.0 Å². The second-order valence-corrected chi connectivity index (χ2v) is 8.10. The molecule has 0 aliphatic rings. The number of rotatable bonds is 1. The minimum absolute atomic E-state index is 0.107. The third kappa shape index (κ3) is 2.41. The number of hydrogen-bond acceptors (Lipinski definition) is 2. The number of aromatic amines is 1. The Labute approximate surface area is 157 Å². The largest absolute Gasteiger partial charge is 0.350 e. The standard InChI is InChI=1S/C22H22N4O/c1-13-15(10-23)20-24-18(22(2,3)4)12-26(20)21(27)19(13)16-11-25(5)17-9-7-6-8-14(16)17/h6-9,11-12,24H,1-5H3. The van der Waals surface area contributed by atoms with E-state index in [4.69, 9.17) is 0 Å². The molecule has 3 heterocycles. The van der Waals surface area contributed by atoms with Gasteiger partial charge in [-0.3, -0.25) is 9.20 Å². The van der Waals surface area contributed by atoms with Crippen LogP contribution in [0.5, 0.6) is 0 Å². The van der Waals surface area contributed by atoms with Crippen molar-refractivity contribution in [3.05, 3.63) is 63.8 Å². The van der Waals surface area contributed by atoms with Crippen molar-refractivity contribution in [2.45, 2.75) is 33.1 Å². The molecule has 0 spiro atoms. The smallest absolute Gasteiger partial charge is 0.264 e. The first-order valence-electron chi connectivity index (χ1n) is 8.97. The van der Waals surface area contributed by atoms with E-state index < -0.39 is 0 Å². The SMILES string of the molecule is Cc1c(-c2cn(C)c3ccccc23)c(=O)n2cc(C(C)(C)C)[nH]c2c1C#N. The summed E-state index contributed by atoms with van der Waals surface area (Å²) < 4.78 is 3.60. The first-order chi connectivity index (χ1) is 12.7. The summed E-state index contributed by atoms with van der Waals surface area (Å²) in [4.78, 5) is 16.7. The number of fused-ring (bicyclic) bond motifs is 2. The molecule has 0 bridgehead atoms. The summed E-state index contributed by atoms with van der Waals surface area (Å²) >= 11 is 0. The molecule has 4 aromatic rings. The summed E-state index contributed by atoms with van der Waals surface area (Å²) in [5.41, 5.74) is 4.94. The van der Waals surface area contributed by atoms with Crippen molar-refractivity contribution in [2.75, 3.05) is 0 Å². The number of nitrogens with one attached hydrogen (secondary N) is 1. The normalized spacial score (nSPS) is 12.0. The monoisotopic (exact) mass is 358 g/mol. The predicted octanol–water partition coefficient (Wildman–Crippen LogP) is 4.26. The van der Waals surface area contributed by atoms with Gasteiger partial charge in [0.2, 0.25) is 0 Å². The van der Waals surface area contributed by atoms with Gasteiger partial charge in [0, 0.05) is 47.0 Å². The first kappa shape index (κ1) is 17.2. The van der Waals surface area contributed by atoms with Crippen LogP contribution < -0.4 is 5.56 Å². The van der Waals surface area contributed by atoms with E-state index in [9.17, 15) is 10.1 Å². The Morgan fingerprint density at radius 2 is 1.85 bits per heavy atom. The molecule has 0 unspecified atom stereocenters. The van der Waals surface area contributed by atoms with E-state index in [0.29, 0.717) is 22.3 Å². The molecule has 3 aromatic heterocycles. The molecule has 0 fully saturated rings. The van der Waals surface area contributed by atoms with Gasteiger partial charge in [0.15, 0.2) is 0 Å². The molecular formula is C22H22N4O. The van der Waals surface area contributed by atoms with E-state index in [1.54, 1.807) is 4.40 Å². The van der Waals surface area contributed by atoms with Crippen LogP contribution in [0.15, 0.2) is 41.5 Å². The van der Waals surface area contributed by atoms with Gasteiger partial charge in [0.25, 0.3) is 5.56 Å². The Morgan fingerprint density at radius 1 is 1.15 bits per heavy atom. The zero-order valence-corrected chi connectivity index (χ0v) is 16.2. The highest BCUT2D eigenvalue weighted by Gasteiger charge is 2.23. The number of pyridine rings is 1. The van der Waals surface area contributed by atoms with Crippen LogP contribution in [0.4, 0.5) is 0 Å². The molecule has 27 heavy (non-hydrogen) atoms. The Balaban J connectivity index is 2.16. The molecule has 0 atom stereocenters. The van der Waals surface area contributed by atoms with Crippen LogP contribution in [-0.4, -0.2) is 14.0 Å². The van der Waals surface area contributed by atoms with Crippen LogP contribution in [0.1, 0.15) is 37.6 Å². The van der Waals surface area contributed by atoms with Crippen molar-refractivity contribution >= 4 is 16.6 Å². The lowest BCUT2D eigenvalue weighted by Crippen LogP contribution is -2.17. The van der Waals surface area contributed by atoms with E-state index in [1.807, 2.05) is 55.2 Å². The van der Waals surface area contributed by atoms with Crippen molar-refractivity contribution in [2.24, 2.45) is 7.05 Å². The number of para-hydroxylation sites is 1. The maximum atomic E-state index is 13.4. The lowest BCUT2D eigenvalue weighted by atomic mass is 9.93. The van der Waals surface area contributed by atoms with Gasteiger partial charge in [0.05, 0.1) is 11.1 Å². The molecule has 0 radical (unpaired) electrons. The minimum atomic E-state index is -0.154. The van der Waals surface area contributed by atoms with Crippen LogP contribution in [0.2, 0.25) is 0 Å². The van der Waals surface area contributed by atoms with Crippen LogP contribution in [0.3, 0.4) is 0 Å². The van der Waals surface area contributed by atoms with Gasteiger partial charge in [-0.15, -0.1) is 0 Å². The molecule has 0 aliphatic heterocycles. The summed E-state index contributed by atoms with van der Waals surface area (Å²) in [5, 5.41) is 10.8. The fraction of sp³-hybridized carbons (Fsp3) is 0.273. The third-order valence-corrected chi connectivity index (χ3v) is 5.26. The van der Waals surface area contributed by atoms with Gasteiger partial charge in [-0.2, -0.15) is 5.26 Å². The van der Waals surface area contributed by atoms with Crippen molar-refractivity contribution in [3.63, 3.8) is 0 Å². The zero-order chi connectivity index (χ0) is 19.5. The summed E-state index contributed by atoms with van der Waals surface area (Å²) in [5.74, 6) is 0. The molecule has 1 aromatic carbocycles. The van der Waals surface area contributed by atoms with Gasteiger partial charge in [-0.25, -0.2) is 0 Å². The number of benzene rings is 1. The van der Waals surface area contributed by atoms with E-state index in [0.717, 1.165) is 22.2 Å². The summed E-state index contributed by atoms with van der Waals surface area (Å²) in [6, 6.07) is 10.3.